The Labute approximate surface area is 209 Å². The summed E-state index contributed by atoms with van der Waals surface area (Å²) in [6.45, 7) is 4.39. The number of anilines is 1. The van der Waals surface area contributed by atoms with Crippen LogP contribution in [-0.4, -0.2) is 70.0 Å². The summed E-state index contributed by atoms with van der Waals surface area (Å²) >= 11 is 0. The van der Waals surface area contributed by atoms with Crippen LogP contribution >= 0.6 is 0 Å². The lowest BCUT2D eigenvalue weighted by Gasteiger charge is -2.34. The van der Waals surface area contributed by atoms with Crippen LogP contribution in [-0.2, 0) is 26.1 Å². The van der Waals surface area contributed by atoms with Gasteiger partial charge < -0.3 is 14.4 Å². The number of hydrogen-bond acceptors (Lipinski definition) is 7. The molecule has 2 fully saturated rings. The molecule has 0 radical (unpaired) electrons. The number of methoxy groups -OCH3 is 1. The average molecular weight is 518 g/mol. The summed E-state index contributed by atoms with van der Waals surface area (Å²) in [5.41, 5.74) is 1.04. The Kier molecular flexibility index (Phi) is 6.37. The van der Waals surface area contributed by atoms with Gasteiger partial charge in [-0.15, -0.1) is 0 Å². The van der Waals surface area contributed by atoms with Crippen molar-refractivity contribution in [2.75, 3.05) is 44.6 Å². The number of nitrogens with one attached hydrogen (secondary N) is 1. The second kappa shape index (κ2) is 9.36. The summed E-state index contributed by atoms with van der Waals surface area (Å²) < 4.78 is 54.5. The van der Waals surface area contributed by atoms with Crippen LogP contribution in [0.4, 0.5) is 10.1 Å². The Morgan fingerprint density at radius 2 is 2.06 bits per heavy atom. The molecule has 2 heterocycles. The summed E-state index contributed by atoms with van der Waals surface area (Å²) in [5, 5.41) is 0. The van der Waals surface area contributed by atoms with E-state index in [1.807, 2.05) is 11.8 Å². The predicted molar refractivity (Wildman–Crippen MR) is 129 cm³/mol. The third-order valence-corrected chi connectivity index (χ3v) is 8.57. The number of halogens is 1. The molecule has 2 atom stereocenters. The van der Waals surface area contributed by atoms with E-state index in [9.17, 15) is 22.4 Å². The maximum Gasteiger partial charge on any atom is 0.343 e. The van der Waals surface area contributed by atoms with Gasteiger partial charge in [-0.2, -0.15) is 0 Å². The Balaban J connectivity index is 1.47. The van der Waals surface area contributed by atoms with Crippen molar-refractivity contribution in [3.05, 3.63) is 52.8 Å². The van der Waals surface area contributed by atoms with Gasteiger partial charge in [0.2, 0.25) is 5.91 Å². The number of amides is 1. The number of rotatable bonds is 7. The van der Waals surface area contributed by atoms with Gasteiger partial charge in [-0.25, -0.2) is 17.6 Å². The molecule has 36 heavy (non-hydrogen) atoms. The van der Waals surface area contributed by atoms with Crippen molar-refractivity contribution in [1.29, 1.82) is 0 Å². The molecular weight excluding hydrogens is 489 g/mol. The first-order valence-corrected chi connectivity index (χ1v) is 13.4. The number of hydrogen-bond donors (Lipinski definition) is 1. The van der Waals surface area contributed by atoms with Gasteiger partial charge in [0.1, 0.15) is 17.1 Å². The third kappa shape index (κ3) is 4.53. The number of fused-ring (bicyclic) bond motifs is 3. The molecule has 2 aliphatic heterocycles. The van der Waals surface area contributed by atoms with E-state index < -0.39 is 21.8 Å². The highest BCUT2D eigenvalue weighted by molar-refractivity contribution is 7.92. The van der Waals surface area contributed by atoms with Crippen molar-refractivity contribution in [2.45, 2.75) is 30.7 Å². The maximum absolute atomic E-state index is 14.2. The van der Waals surface area contributed by atoms with Gasteiger partial charge in [0.05, 0.1) is 30.8 Å². The van der Waals surface area contributed by atoms with Crippen molar-refractivity contribution in [3.63, 3.8) is 0 Å². The van der Waals surface area contributed by atoms with Gasteiger partial charge in [0.15, 0.2) is 0 Å². The Hall–Kier alpha value is -3.18. The lowest BCUT2D eigenvalue weighted by molar-refractivity contribution is -0.136. The summed E-state index contributed by atoms with van der Waals surface area (Å²) in [6, 6.07) is 6.64. The van der Waals surface area contributed by atoms with Crippen LogP contribution in [0.15, 0.2) is 35.2 Å². The molecule has 1 saturated carbocycles. The first-order chi connectivity index (χ1) is 17.2. The van der Waals surface area contributed by atoms with Crippen LogP contribution in [0.3, 0.4) is 0 Å². The van der Waals surface area contributed by atoms with E-state index in [0.717, 1.165) is 30.7 Å². The zero-order valence-corrected chi connectivity index (χ0v) is 20.9. The molecule has 2 aromatic rings. The first kappa shape index (κ1) is 24.5. The number of carbonyl (C=O) groups excluding carboxylic acids is 2. The minimum Gasteiger partial charge on any atom is -0.492 e. The van der Waals surface area contributed by atoms with Crippen molar-refractivity contribution in [2.24, 2.45) is 5.92 Å². The number of benzene rings is 2. The second-order valence-electron chi connectivity index (χ2n) is 9.35. The van der Waals surface area contributed by atoms with E-state index in [4.69, 9.17) is 9.47 Å². The van der Waals surface area contributed by atoms with E-state index in [1.165, 1.54) is 24.1 Å². The predicted octanol–water partition coefficient (Wildman–Crippen LogP) is 2.57. The molecule has 1 saturated heterocycles. The highest BCUT2D eigenvalue weighted by Crippen LogP contribution is 2.55. The SMILES string of the molecule is CCN1CCN(Cc2cc(F)ccc2S(=O)(=O)Nc2ccc3c(c2C(=O)OC)OC[C@@H]2C[C@H]32)C(=O)C1. The number of sulfonamides is 1. The largest absolute Gasteiger partial charge is 0.492 e. The lowest BCUT2D eigenvalue weighted by Crippen LogP contribution is -2.49. The fourth-order valence-electron chi connectivity index (χ4n) is 4.97. The fraction of sp³-hybridized carbons (Fsp3) is 0.440. The van der Waals surface area contributed by atoms with Crippen molar-refractivity contribution < 1.29 is 31.9 Å². The molecule has 0 spiro atoms. The van der Waals surface area contributed by atoms with Crippen molar-refractivity contribution >= 4 is 27.6 Å². The van der Waals surface area contributed by atoms with Gasteiger partial charge in [-0.05, 0) is 54.3 Å². The quantitative estimate of drug-likeness (QED) is 0.563. The minimum atomic E-state index is -4.27. The number of piperazine rings is 1. The maximum atomic E-state index is 14.2. The standard InChI is InChI=1S/C25H28FN3O6S/c1-3-28-8-9-29(22(30)13-28)12-15-10-17(26)4-7-21(15)36(32,33)27-20-6-5-18-19-11-16(19)14-35-24(18)23(20)25(31)34-2/h4-7,10,16,19,27H,3,8-9,11-14H2,1-2H3/t16-,19-/m0/s1. The second-order valence-corrected chi connectivity index (χ2v) is 11.0. The molecule has 9 nitrogen and oxygen atoms in total. The zero-order chi connectivity index (χ0) is 25.6. The van der Waals surface area contributed by atoms with E-state index in [-0.39, 0.29) is 46.6 Å². The van der Waals surface area contributed by atoms with Gasteiger partial charge >= 0.3 is 5.97 Å². The smallest absolute Gasteiger partial charge is 0.343 e. The molecule has 0 aromatic heterocycles. The van der Waals surface area contributed by atoms with Crippen molar-refractivity contribution in [1.82, 2.24) is 9.80 Å². The number of carbonyl (C=O) groups is 2. The van der Waals surface area contributed by atoms with Gasteiger partial charge in [-0.3, -0.25) is 14.4 Å². The molecule has 0 unspecified atom stereocenters. The molecule has 11 heteroatoms. The van der Waals surface area contributed by atoms with Crippen molar-refractivity contribution in [3.8, 4) is 5.75 Å². The molecule has 1 N–H and O–H groups in total. The first-order valence-electron chi connectivity index (χ1n) is 11.9. The fourth-order valence-corrected chi connectivity index (χ4v) is 6.26. The molecular formula is C25H28FN3O6S. The van der Waals surface area contributed by atoms with Gasteiger partial charge in [0, 0.05) is 25.6 Å². The molecule has 0 bridgehead atoms. The minimum absolute atomic E-state index is 0.0125. The Morgan fingerprint density at radius 1 is 1.25 bits per heavy atom. The highest BCUT2D eigenvalue weighted by Gasteiger charge is 2.45. The van der Waals surface area contributed by atoms with Crippen LogP contribution in [0.2, 0.25) is 0 Å². The summed E-state index contributed by atoms with van der Waals surface area (Å²) in [4.78, 5) is 28.6. The average Bonchev–Trinajstić information content (AvgIpc) is 3.64. The molecule has 2 aromatic carbocycles. The van der Waals surface area contributed by atoms with Gasteiger partial charge in [0.25, 0.3) is 10.0 Å². The van der Waals surface area contributed by atoms with E-state index in [2.05, 4.69) is 4.72 Å². The highest BCUT2D eigenvalue weighted by atomic mass is 32.2. The number of ether oxygens (including phenoxy) is 2. The Morgan fingerprint density at radius 3 is 2.78 bits per heavy atom. The topological polar surface area (TPSA) is 105 Å². The van der Waals surface area contributed by atoms with E-state index in [0.29, 0.717) is 31.4 Å². The van der Waals surface area contributed by atoms with Crippen LogP contribution in [0.25, 0.3) is 0 Å². The normalized spacial score (nSPS) is 21.3. The number of nitrogens with zero attached hydrogens (tertiary/aromatic N) is 2. The molecule has 3 aliphatic rings. The van der Waals surface area contributed by atoms with E-state index in [1.54, 1.807) is 6.07 Å². The number of likely N-dealkylation sites (N-methyl/N-ethyl adjacent to an activating group) is 1. The molecule has 1 aliphatic carbocycles. The molecule has 5 rings (SSSR count). The monoisotopic (exact) mass is 517 g/mol. The number of esters is 1. The summed E-state index contributed by atoms with van der Waals surface area (Å²) in [6.07, 6.45) is 0.961. The summed E-state index contributed by atoms with van der Waals surface area (Å²) in [5.74, 6) is -0.449. The van der Waals surface area contributed by atoms with Crippen LogP contribution in [0, 0.1) is 11.7 Å². The zero-order valence-electron chi connectivity index (χ0n) is 20.1. The Bertz CT molecular complexity index is 1330. The van der Waals surface area contributed by atoms with Crippen LogP contribution in [0.5, 0.6) is 5.75 Å². The van der Waals surface area contributed by atoms with Crippen LogP contribution in [0.1, 0.15) is 40.7 Å². The lowest BCUT2D eigenvalue weighted by atomic mass is 10.0. The van der Waals surface area contributed by atoms with Crippen LogP contribution < -0.4 is 9.46 Å². The van der Waals surface area contributed by atoms with Gasteiger partial charge in [-0.1, -0.05) is 13.0 Å². The third-order valence-electron chi connectivity index (χ3n) is 7.10. The molecule has 192 valence electrons. The van der Waals surface area contributed by atoms with E-state index >= 15 is 0 Å². The summed E-state index contributed by atoms with van der Waals surface area (Å²) in [7, 11) is -3.05. The molecule has 1 amide bonds.